The molecule has 1 aromatic carbocycles. The minimum Gasteiger partial charge on any atom is -0.376 e. The van der Waals surface area contributed by atoms with Crippen LogP contribution in [-0.4, -0.2) is 29.8 Å². The van der Waals surface area contributed by atoms with Crippen molar-refractivity contribution in [2.24, 2.45) is 0 Å². The van der Waals surface area contributed by atoms with Gasteiger partial charge in [-0.1, -0.05) is 35.5 Å². The largest absolute Gasteiger partial charge is 0.376 e. The lowest BCUT2D eigenvalue weighted by Crippen LogP contribution is -2.28. The molecule has 1 N–H and O–H groups in total. The van der Waals surface area contributed by atoms with E-state index in [1.165, 1.54) is 12.0 Å². The number of hydrogen-bond donors (Lipinski definition) is 1. The molecule has 2 heterocycles. The van der Waals surface area contributed by atoms with E-state index in [4.69, 9.17) is 9.26 Å². The number of ether oxygens (including phenoxy) is 1. The first-order valence-corrected chi connectivity index (χ1v) is 7.56. The maximum Gasteiger partial charge on any atom is 0.231 e. The second kappa shape index (κ2) is 7.33. The number of nitrogens with one attached hydrogen (secondary N) is 1. The summed E-state index contributed by atoms with van der Waals surface area (Å²) in [4.78, 5) is 4.48. The highest BCUT2D eigenvalue weighted by atomic mass is 16.5. The normalized spacial score (nSPS) is 18.8. The molecule has 0 aliphatic carbocycles. The van der Waals surface area contributed by atoms with Crippen LogP contribution in [0, 0.1) is 0 Å². The van der Waals surface area contributed by atoms with Crippen LogP contribution in [0.15, 0.2) is 34.9 Å². The fourth-order valence-corrected chi connectivity index (χ4v) is 2.53. The SMILES string of the molecule is c1ccc(COCCc2noc([C@H]3CCCNC3)n2)cc1. The van der Waals surface area contributed by atoms with Crippen molar-refractivity contribution in [1.82, 2.24) is 15.5 Å². The fourth-order valence-electron chi connectivity index (χ4n) is 2.53. The summed E-state index contributed by atoms with van der Waals surface area (Å²) in [6, 6.07) is 10.2. The smallest absolute Gasteiger partial charge is 0.231 e. The molecule has 0 spiro atoms. The predicted octanol–water partition coefficient (Wildman–Crippen LogP) is 2.30. The minimum atomic E-state index is 0.366. The van der Waals surface area contributed by atoms with Crippen molar-refractivity contribution in [3.05, 3.63) is 47.6 Å². The molecule has 1 saturated heterocycles. The molecule has 1 aliphatic heterocycles. The third-order valence-corrected chi connectivity index (χ3v) is 3.71. The molecular formula is C16H21N3O2. The highest BCUT2D eigenvalue weighted by Gasteiger charge is 2.21. The summed E-state index contributed by atoms with van der Waals surface area (Å²) in [6.45, 7) is 3.26. The highest BCUT2D eigenvalue weighted by molar-refractivity contribution is 5.13. The van der Waals surface area contributed by atoms with E-state index in [1.807, 2.05) is 18.2 Å². The third-order valence-electron chi connectivity index (χ3n) is 3.71. The Morgan fingerprint density at radius 2 is 2.19 bits per heavy atom. The molecule has 112 valence electrons. The van der Waals surface area contributed by atoms with Crippen LogP contribution in [0.3, 0.4) is 0 Å². The summed E-state index contributed by atoms with van der Waals surface area (Å²) in [5.41, 5.74) is 1.18. The van der Waals surface area contributed by atoms with Crippen LogP contribution in [0.25, 0.3) is 0 Å². The van der Waals surface area contributed by atoms with Crippen LogP contribution in [0.1, 0.15) is 36.0 Å². The Bertz CT molecular complexity index is 535. The second-order valence-electron chi connectivity index (χ2n) is 5.38. The first-order valence-electron chi connectivity index (χ1n) is 7.56. The number of aromatic nitrogens is 2. The van der Waals surface area contributed by atoms with Gasteiger partial charge in [0.25, 0.3) is 0 Å². The third kappa shape index (κ3) is 4.12. The highest BCUT2D eigenvalue weighted by Crippen LogP contribution is 2.21. The zero-order valence-corrected chi connectivity index (χ0v) is 12.1. The summed E-state index contributed by atoms with van der Waals surface area (Å²) >= 11 is 0. The summed E-state index contributed by atoms with van der Waals surface area (Å²) in [5, 5.41) is 7.40. The second-order valence-corrected chi connectivity index (χ2v) is 5.38. The van der Waals surface area contributed by atoms with Crippen molar-refractivity contribution in [1.29, 1.82) is 0 Å². The Morgan fingerprint density at radius 3 is 3.00 bits per heavy atom. The average Bonchev–Trinajstić information content (AvgIpc) is 3.02. The van der Waals surface area contributed by atoms with Gasteiger partial charge in [0.15, 0.2) is 5.82 Å². The van der Waals surface area contributed by atoms with Gasteiger partial charge in [0.2, 0.25) is 5.89 Å². The van der Waals surface area contributed by atoms with Crippen LogP contribution in [0.4, 0.5) is 0 Å². The van der Waals surface area contributed by atoms with Crippen molar-refractivity contribution >= 4 is 0 Å². The quantitative estimate of drug-likeness (QED) is 0.826. The van der Waals surface area contributed by atoms with E-state index in [2.05, 4.69) is 27.6 Å². The number of benzene rings is 1. The van der Waals surface area contributed by atoms with E-state index in [9.17, 15) is 0 Å². The molecule has 5 nitrogen and oxygen atoms in total. The standard InChI is InChI=1S/C16H21N3O2/c1-2-5-13(6-3-1)12-20-10-8-15-18-16(21-19-15)14-7-4-9-17-11-14/h1-3,5-6,14,17H,4,7-12H2/t14-/m0/s1. The van der Waals surface area contributed by atoms with E-state index >= 15 is 0 Å². The van der Waals surface area contributed by atoms with E-state index < -0.39 is 0 Å². The lowest BCUT2D eigenvalue weighted by molar-refractivity contribution is 0.122. The first-order chi connectivity index (χ1) is 10.4. The van der Waals surface area contributed by atoms with E-state index in [-0.39, 0.29) is 0 Å². The molecule has 1 aliphatic rings. The average molecular weight is 287 g/mol. The molecule has 3 rings (SSSR count). The molecule has 0 bridgehead atoms. The van der Waals surface area contributed by atoms with Gasteiger partial charge in [0, 0.05) is 13.0 Å². The molecule has 1 aromatic heterocycles. The number of nitrogens with zero attached hydrogens (tertiary/aromatic N) is 2. The zero-order valence-electron chi connectivity index (χ0n) is 12.1. The number of rotatable bonds is 6. The molecular weight excluding hydrogens is 266 g/mol. The van der Waals surface area contributed by atoms with Gasteiger partial charge in [-0.25, -0.2) is 0 Å². The van der Waals surface area contributed by atoms with Crippen LogP contribution in [0.2, 0.25) is 0 Å². The molecule has 0 unspecified atom stereocenters. The van der Waals surface area contributed by atoms with Crippen LogP contribution in [-0.2, 0) is 17.8 Å². The van der Waals surface area contributed by atoms with Gasteiger partial charge < -0.3 is 14.6 Å². The Labute approximate surface area is 124 Å². The molecule has 0 radical (unpaired) electrons. The Morgan fingerprint density at radius 1 is 1.29 bits per heavy atom. The van der Waals surface area contributed by atoms with Crippen molar-refractivity contribution in [2.45, 2.75) is 31.8 Å². The summed E-state index contributed by atoms with van der Waals surface area (Å²) < 4.78 is 11.0. The lowest BCUT2D eigenvalue weighted by atomic mass is 10.00. The van der Waals surface area contributed by atoms with Crippen LogP contribution >= 0.6 is 0 Å². The predicted molar refractivity (Wildman–Crippen MR) is 78.9 cm³/mol. The van der Waals surface area contributed by atoms with Crippen molar-refractivity contribution < 1.29 is 9.26 Å². The fraction of sp³-hybridized carbons (Fsp3) is 0.500. The van der Waals surface area contributed by atoms with Crippen molar-refractivity contribution in [3.8, 4) is 0 Å². The van der Waals surface area contributed by atoms with Gasteiger partial charge in [0.1, 0.15) is 0 Å². The minimum absolute atomic E-state index is 0.366. The van der Waals surface area contributed by atoms with Gasteiger partial charge in [0.05, 0.1) is 19.1 Å². The van der Waals surface area contributed by atoms with Gasteiger partial charge in [-0.15, -0.1) is 0 Å². The Balaban J connectivity index is 1.42. The zero-order chi connectivity index (χ0) is 14.3. The molecule has 2 aromatic rings. The lowest BCUT2D eigenvalue weighted by Gasteiger charge is -2.18. The molecule has 21 heavy (non-hydrogen) atoms. The first kappa shape index (κ1) is 14.2. The van der Waals surface area contributed by atoms with E-state index in [0.717, 1.165) is 31.2 Å². The van der Waals surface area contributed by atoms with Crippen molar-refractivity contribution in [2.75, 3.05) is 19.7 Å². The van der Waals surface area contributed by atoms with Gasteiger partial charge in [-0.3, -0.25) is 0 Å². The summed E-state index contributed by atoms with van der Waals surface area (Å²) in [5.74, 6) is 1.87. The summed E-state index contributed by atoms with van der Waals surface area (Å²) in [7, 11) is 0. The molecule has 0 amide bonds. The van der Waals surface area contributed by atoms with Gasteiger partial charge in [-0.05, 0) is 24.9 Å². The van der Waals surface area contributed by atoms with Gasteiger partial charge >= 0.3 is 0 Å². The molecule has 5 heteroatoms. The van der Waals surface area contributed by atoms with E-state index in [1.54, 1.807) is 0 Å². The maximum atomic E-state index is 5.64. The summed E-state index contributed by atoms with van der Waals surface area (Å²) in [6.07, 6.45) is 2.98. The topological polar surface area (TPSA) is 60.2 Å². The van der Waals surface area contributed by atoms with Gasteiger partial charge in [-0.2, -0.15) is 4.98 Å². The number of hydrogen-bond acceptors (Lipinski definition) is 5. The molecule has 0 saturated carbocycles. The monoisotopic (exact) mass is 287 g/mol. The Hall–Kier alpha value is -1.72. The van der Waals surface area contributed by atoms with Crippen molar-refractivity contribution in [3.63, 3.8) is 0 Å². The van der Waals surface area contributed by atoms with Crippen LogP contribution in [0.5, 0.6) is 0 Å². The Kier molecular flexibility index (Phi) is 4.97. The molecule has 1 fully saturated rings. The molecule has 1 atom stereocenters. The van der Waals surface area contributed by atoms with Crippen LogP contribution < -0.4 is 5.32 Å². The van der Waals surface area contributed by atoms with E-state index in [0.29, 0.717) is 25.6 Å². The maximum absolute atomic E-state index is 5.64. The number of piperidine rings is 1.